The van der Waals surface area contributed by atoms with Crippen LogP contribution in [-0.2, 0) is 14.3 Å². The molecule has 98 valence electrons. The van der Waals surface area contributed by atoms with Crippen molar-refractivity contribution < 1.29 is 14.3 Å². The maximum Gasteiger partial charge on any atom is 0.236 e. The van der Waals surface area contributed by atoms with E-state index >= 15 is 0 Å². The Balaban J connectivity index is 2.18. The van der Waals surface area contributed by atoms with Crippen molar-refractivity contribution in [3.05, 3.63) is 0 Å². The summed E-state index contributed by atoms with van der Waals surface area (Å²) in [4.78, 5) is 22.8. The number of likely N-dealkylation sites (N-methyl/N-ethyl adjacent to an activating group) is 1. The molecule has 0 aromatic carbocycles. The minimum absolute atomic E-state index is 0.0762. The summed E-state index contributed by atoms with van der Waals surface area (Å²) in [5.41, 5.74) is 0. The Kier molecular flexibility index (Phi) is 5.93. The van der Waals surface area contributed by atoms with Crippen molar-refractivity contribution in [1.82, 2.24) is 16.0 Å². The summed E-state index contributed by atoms with van der Waals surface area (Å²) < 4.78 is 5.21. The summed E-state index contributed by atoms with van der Waals surface area (Å²) >= 11 is 0. The Bertz CT molecular complexity index is 265. The highest BCUT2D eigenvalue weighted by Crippen LogP contribution is 2.05. The second-order valence-corrected chi connectivity index (χ2v) is 4.17. The first kappa shape index (κ1) is 13.9. The quantitative estimate of drug-likeness (QED) is 0.579. The Hall–Kier alpha value is -1.14. The first-order valence-electron chi connectivity index (χ1n) is 5.95. The molecule has 0 aromatic rings. The Labute approximate surface area is 101 Å². The molecule has 0 bridgehead atoms. The maximum atomic E-state index is 11.6. The lowest BCUT2D eigenvalue weighted by Crippen LogP contribution is -2.47. The van der Waals surface area contributed by atoms with Gasteiger partial charge in [-0.1, -0.05) is 0 Å². The van der Waals surface area contributed by atoms with E-state index < -0.39 is 0 Å². The Morgan fingerprint density at radius 3 is 2.59 bits per heavy atom. The maximum absolute atomic E-state index is 11.6. The fourth-order valence-electron chi connectivity index (χ4n) is 1.68. The van der Waals surface area contributed by atoms with Crippen LogP contribution >= 0.6 is 0 Å². The van der Waals surface area contributed by atoms with E-state index in [1.54, 1.807) is 14.0 Å². The molecule has 1 saturated heterocycles. The molecule has 1 atom stereocenters. The van der Waals surface area contributed by atoms with Gasteiger partial charge in [-0.3, -0.25) is 14.9 Å². The first-order valence-corrected chi connectivity index (χ1v) is 5.95. The predicted molar refractivity (Wildman–Crippen MR) is 63.5 cm³/mol. The van der Waals surface area contributed by atoms with Gasteiger partial charge in [-0.25, -0.2) is 0 Å². The third-order valence-corrected chi connectivity index (χ3v) is 2.79. The van der Waals surface area contributed by atoms with Crippen molar-refractivity contribution in [2.75, 3.05) is 26.8 Å². The molecule has 1 aliphatic heterocycles. The zero-order valence-corrected chi connectivity index (χ0v) is 10.4. The first-order chi connectivity index (χ1) is 8.13. The van der Waals surface area contributed by atoms with E-state index in [1.807, 2.05) is 0 Å². The average Bonchev–Trinajstić information content (AvgIpc) is 2.36. The topological polar surface area (TPSA) is 79.5 Å². The summed E-state index contributed by atoms with van der Waals surface area (Å²) in [7, 11) is 1.57. The molecule has 0 aromatic heterocycles. The van der Waals surface area contributed by atoms with Crippen LogP contribution in [0.5, 0.6) is 0 Å². The van der Waals surface area contributed by atoms with Crippen molar-refractivity contribution in [1.29, 1.82) is 0 Å². The van der Waals surface area contributed by atoms with Gasteiger partial charge in [-0.15, -0.1) is 0 Å². The molecule has 2 amide bonds. The summed E-state index contributed by atoms with van der Waals surface area (Å²) in [6.45, 7) is 3.28. The number of carbonyl (C=O) groups excluding carboxylic acids is 2. The molecular formula is C11H21N3O3. The average molecular weight is 243 g/mol. The summed E-state index contributed by atoms with van der Waals surface area (Å²) in [6, 6.07) is -0.159. The fraction of sp³-hybridized carbons (Fsp3) is 0.818. The smallest absolute Gasteiger partial charge is 0.236 e. The highest BCUT2D eigenvalue weighted by molar-refractivity contribution is 5.83. The zero-order valence-electron chi connectivity index (χ0n) is 10.4. The van der Waals surface area contributed by atoms with Gasteiger partial charge in [0.2, 0.25) is 11.8 Å². The Morgan fingerprint density at radius 1 is 1.35 bits per heavy atom. The second kappa shape index (κ2) is 7.24. The molecule has 1 heterocycles. The van der Waals surface area contributed by atoms with Crippen LogP contribution < -0.4 is 16.0 Å². The van der Waals surface area contributed by atoms with Gasteiger partial charge >= 0.3 is 0 Å². The van der Waals surface area contributed by atoms with E-state index in [4.69, 9.17) is 4.74 Å². The molecule has 1 fully saturated rings. The number of hydrogen-bond acceptors (Lipinski definition) is 4. The molecule has 0 spiro atoms. The van der Waals surface area contributed by atoms with Gasteiger partial charge in [0.05, 0.1) is 12.6 Å². The number of amides is 2. The van der Waals surface area contributed by atoms with Crippen molar-refractivity contribution in [3.8, 4) is 0 Å². The predicted octanol–water partition coefficient (Wildman–Crippen LogP) is -0.994. The van der Waals surface area contributed by atoms with Crippen LogP contribution in [0.3, 0.4) is 0 Å². The van der Waals surface area contributed by atoms with Crippen molar-refractivity contribution in [2.45, 2.75) is 31.8 Å². The highest BCUT2D eigenvalue weighted by Gasteiger charge is 2.17. The molecule has 0 aliphatic carbocycles. The third kappa shape index (κ3) is 5.14. The van der Waals surface area contributed by atoms with E-state index in [-0.39, 0.29) is 30.4 Å². The standard InChI is InChI=1S/C11H21N3O3/c1-8(11(16)12-2)13-7-10(15)14-9-3-5-17-6-4-9/h8-9,13H,3-7H2,1-2H3,(H,12,16)(H,14,15). The van der Waals surface area contributed by atoms with Gasteiger partial charge in [-0.2, -0.15) is 0 Å². The molecular weight excluding hydrogens is 222 g/mol. The van der Waals surface area contributed by atoms with Crippen LogP contribution in [0.15, 0.2) is 0 Å². The van der Waals surface area contributed by atoms with E-state index in [2.05, 4.69) is 16.0 Å². The van der Waals surface area contributed by atoms with Crippen LogP contribution in [0.1, 0.15) is 19.8 Å². The van der Waals surface area contributed by atoms with Crippen molar-refractivity contribution in [3.63, 3.8) is 0 Å². The van der Waals surface area contributed by atoms with E-state index in [0.29, 0.717) is 13.2 Å². The van der Waals surface area contributed by atoms with Gasteiger partial charge in [0, 0.05) is 26.3 Å². The van der Waals surface area contributed by atoms with Gasteiger partial charge in [0.1, 0.15) is 0 Å². The lowest BCUT2D eigenvalue weighted by molar-refractivity contribution is -0.123. The lowest BCUT2D eigenvalue weighted by atomic mass is 10.1. The van der Waals surface area contributed by atoms with Crippen LogP contribution in [0.2, 0.25) is 0 Å². The van der Waals surface area contributed by atoms with Gasteiger partial charge in [0.25, 0.3) is 0 Å². The minimum atomic E-state index is -0.361. The Morgan fingerprint density at radius 2 is 2.00 bits per heavy atom. The highest BCUT2D eigenvalue weighted by atomic mass is 16.5. The zero-order chi connectivity index (χ0) is 12.7. The lowest BCUT2D eigenvalue weighted by Gasteiger charge is -2.23. The molecule has 0 saturated carbocycles. The number of hydrogen-bond donors (Lipinski definition) is 3. The molecule has 6 nitrogen and oxygen atoms in total. The molecule has 1 unspecified atom stereocenters. The summed E-state index contributed by atoms with van der Waals surface area (Å²) in [5, 5.41) is 8.31. The minimum Gasteiger partial charge on any atom is -0.381 e. The molecule has 0 radical (unpaired) electrons. The fourth-order valence-corrected chi connectivity index (χ4v) is 1.68. The van der Waals surface area contributed by atoms with E-state index in [1.165, 1.54) is 0 Å². The normalized spacial score (nSPS) is 18.5. The van der Waals surface area contributed by atoms with Gasteiger partial charge in [0.15, 0.2) is 0 Å². The van der Waals surface area contributed by atoms with E-state index in [9.17, 15) is 9.59 Å². The number of nitrogens with one attached hydrogen (secondary N) is 3. The van der Waals surface area contributed by atoms with E-state index in [0.717, 1.165) is 12.8 Å². The molecule has 3 N–H and O–H groups in total. The van der Waals surface area contributed by atoms with Crippen LogP contribution in [0.4, 0.5) is 0 Å². The second-order valence-electron chi connectivity index (χ2n) is 4.17. The molecule has 1 aliphatic rings. The number of rotatable bonds is 5. The molecule has 6 heteroatoms. The summed E-state index contributed by atoms with van der Waals surface area (Å²) in [6.07, 6.45) is 1.72. The SMILES string of the molecule is CNC(=O)C(C)NCC(=O)NC1CCOCC1. The van der Waals surface area contributed by atoms with Crippen LogP contribution in [-0.4, -0.2) is 50.7 Å². The van der Waals surface area contributed by atoms with Gasteiger partial charge < -0.3 is 15.4 Å². The third-order valence-electron chi connectivity index (χ3n) is 2.79. The number of carbonyl (C=O) groups is 2. The van der Waals surface area contributed by atoms with Crippen molar-refractivity contribution in [2.24, 2.45) is 0 Å². The van der Waals surface area contributed by atoms with Crippen LogP contribution in [0, 0.1) is 0 Å². The van der Waals surface area contributed by atoms with Gasteiger partial charge in [-0.05, 0) is 19.8 Å². The molecule has 1 rings (SSSR count). The van der Waals surface area contributed by atoms with Crippen LogP contribution in [0.25, 0.3) is 0 Å². The largest absolute Gasteiger partial charge is 0.381 e. The number of ether oxygens (including phenoxy) is 1. The monoisotopic (exact) mass is 243 g/mol. The summed E-state index contributed by atoms with van der Waals surface area (Å²) in [5.74, 6) is -0.198. The molecule has 17 heavy (non-hydrogen) atoms. The van der Waals surface area contributed by atoms with Crippen molar-refractivity contribution >= 4 is 11.8 Å².